The zero-order valence-electron chi connectivity index (χ0n) is 15.6. The van der Waals surface area contributed by atoms with Crippen molar-refractivity contribution in [3.63, 3.8) is 0 Å². The Hall–Kier alpha value is -2.23. The number of hydrogen-bond donors (Lipinski definition) is 1. The first kappa shape index (κ1) is 20.1. The highest BCUT2D eigenvalue weighted by Gasteiger charge is 2.22. The quantitative estimate of drug-likeness (QED) is 0.521. The minimum atomic E-state index is -0.0885. The maximum Gasteiger partial charge on any atom is 0.234 e. The number of rotatable bonds is 7. The molecular formula is C20H20BrN5O2S. The number of carbonyl (C=O) groups excluding carboxylic acids is 1. The van der Waals surface area contributed by atoms with Gasteiger partial charge < -0.3 is 10.1 Å². The van der Waals surface area contributed by atoms with Crippen LogP contribution in [0, 0.1) is 0 Å². The van der Waals surface area contributed by atoms with E-state index in [1.165, 1.54) is 11.8 Å². The van der Waals surface area contributed by atoms with Crippen LogP contribution < -0.4 is 5.32 Å². The first-order valence-corrected chi connectivity index (χ1v) is 11.1. The molecule has 1 aliphatic rings. The highest BCUT2D eigenvalue weighted by molar-refractivity contribution is 9.10. The van der Waals surface area contributed by atoms with Gasteiger partial charge in [0.05, 0.1) is 18.4 Å². The van der Waals surface area contributed by atoms with Crippen LogP contribution in [-0.4, -0.2) is 44.1 Å². The summed E-state index contributed by atoms with van der Waals surface area (Å²) in [6.07, 6.45) is 5.69. The number of nitrogens with one attached hydrogen (secondary N) is 1. The van der Waals surface area contributed by atoms with E-state index >= 15 is 0 Å². The average molecular weight is 474 g/mol. The van der Waals surface area contributed by atoms with Crippen molar-refractivity contribution in [3.8, 4) is 11.4 Å². The van der Waals surface area contributed by atoms with Gasteiger partial charge in [-0.25, -0.2) is 0 Å². The fourth-order valence-electron chi connectivity index (χ4n) is 3.13. The Morgan fingerprint density at radius 2 is 2.00 bits per heavy atom. The molecule has 150 valence electrons. The number of pyridine rings is 1. The molecule has 1 N–H and O–H groups in total. The number of halogens is 1. The monoisotopic (exact) mass is 473 g/mol. The summed E-state index contributed by atoms with van der Waals surface area (Å²) in [4.78, 5) is 16.4. The largest absolute Gasteiger partial charge is 0.376 e. The fraction of sp³-hybridized carbons (Fsp3) is 0.300. The van der Waals surface area contributed by atoms with Crippen LogP contribution in [0.1, 0.15) is 12.8 Å². The summed E-state index contributed by atoms with van der Waals surface area (Å²) in [6, 6.07) is 11.3. The summed E-state index contributed by atoms with van der Waals surface area (Å²) in [5.74, 6) is 0.920. The molecule has 1 aliphatic heterocycles. The molecular weight excluding hydrogens is 454 g/mol. The molecule has 2 aromatic heterocycles. The number of aromatic nitrogens is 4. The van der Waals surface area contributed by atoms with Gasteiger partial charge in [-0.15, -0.1) is 10.2 Å². The van der Waals surface area contributed by atoms with Crippen molar-refractivity contribution in [2.75, 3.05) is 17.7 Å². The molecule has 29 heavy (non-hydrogen) atoms. The molecule has 3 aromatic rings. The van der Waals surface area contributed by atoms with E-state index in [1.807, 2.05) is 41.0 Å². The summed E-state index contributed by atoms with van der Waals surface area (Å²) in [6.45, 7) is 1.46. The fourth-order valence-corrected chi connectivity index (χ4v) is 4.14. The van der Waals surface area contributed by atoms with Crippen LogP contribution >= 0.6 is 27.7 Å². The third kappa shape index (κ3) is 5.23. The molecule has 0 spiro atoms. The van der Waals surface area contributed by atoms with E-state index in [0.29, 0.717) is 11.7 Å². The molecule has 0 radical (unpaired) electrons. The molecule has 1 atom stereocenters. The maximum absolute atomic E-state index is 12.4. The Bertz CT molecular complexity index is 959. The van der Waals surface area contributed by atoms with Crippen molar-refractivity contribution in [2.45, 2.75) is 30.6 Å². The number of amides is 1. The van der Waals surface area contributed by atoms with Gasteiger partial charge in [0.1, 0.15) is 0 Å². The van der Waals surface area contributed by atoms with Crippen LogP contribution in [0.5, 0.6) is 0 Å². The molecule has 1 aromatic carbocycles. The molecule has 0 aliphatic carbocycles. The summed E-state index contributed by atoms with van der Waals surface area (Å²) >= 11 is 4.76. The highest BCUT2D eigenvalue weighted by Crippen LogP contribution is 2.26. The van der Waals surface area contributed by atoms with E-state index in [0.717, 1.165) is 41.0 Å². The first-order valence-electron chi connectivity index (χ1n) is 9.32. The van der Waals surface area contributed by atoms with Gasteiger partial charge in [-0.3, -0.25) is 14.3 Å². The molecule has 1 fully saturated rings. The molecule has 9 heteroatoms. The lowest BCUT2D eigenvalue weighted by atomic mass is 10.2. The molecule has 4 rings (SSSR count). The van der Waals surface area contributed by atoms with E-state index < -0.39 is 0 Å². The van der Waals surface area contributed by atoms with E-state index in [4.69, 9.17) is 4.74 Å². The Morgan fingerprint density at radius 1 is 1.21 bits per heavy atom. The zero-order chi connectivity index (χ0) is 20.1. The van der Waals surface area contributed by atoms with Crippen LogP contribution in [0.4, 0.5) is 5.69 Å². The lowest BCUT2D eigenvalue weighted by molar-refractivity contribution is -0.113. The number of benzene rings is 1. The van der Waals surface area contributed by atoms with Gasteiger partial charge in [-0.2, -0.15) is 0 Å². The normalized spacial score (nSPS) is 16.1. The summed E-state index contributed by atoms with van der Waals surface area (Å²) in [7, 11) is 0. The second-order valence-electron chi connectivity index (χ2n) is 6.63. The lowest BCUT2D eigenvalue weighted by Crippen LogP contribution is -2.18. The predicted molar refractivity (Wildman–Crippen MR) is 116 cm³/mol. The van der Waals surface area contributed by atoms with Gasteiger partial charge in [0.2, 0.25) is 5.91 Å². The second kappa shape index (κ2) is 9.51. The van der Waals surface area contributed by atoms with Crippen LogP contribution in [0.3, 0.4) is 0 Å². The van der Waals surface area contributed by atoms with Gasteiger partial charge >= 0.3 is 0 Å². The Labute approximate surface area is 181 Å². The highest BCUT2D eigenvalue weighted by atomic mass is 79.9. The van der Waals surface area contributed by atoms with Gasteiger partial charge in [-0.05, 0) is 49.2 Å². The molecule has 0 unspecified atom stereocenters. The SMILES string of the molecule is O=C(CSc1nnc(-c2ccncc2)n1C[C@@H]1CCCO1)Nc1ccc(Br)cc1. The van der Waals surface area contributed by atoms with Crippen molar-refractivity contribution in [2.24, 2.45) is 0 Å². The van der Waals surface area contributed by atoms with Gasteiger partial charge in [-0.1, -0.05) is 27.7 Å². The third-order valence-electron chi connectivity index (χ3n) is 4.53. The number of thioether (sulfide) groups is 1. The Balaban J connectivity index is 1.47. The number of nitrogens with zero attached hydrogens (tertiary/aromatic N) is 4. The van der Waals surface area contributed by atoms with Crippen molar-refractivity contribution < 1.29 is 9.53 Å². The van der Waals surface area contributed by atoms with E-state index in [-0.39, 0.29) is 17.8 Å². The molecule has 7 nitrogen and oxygen atoms in total. The maximum atomic E-state index is 12.4. The smallest absolute Gasteiger partial charge is 0.234 e. The van der Waals surface area contributed by atoms with Crippen LogP contribution in [0.2, 0.25) is 0 Å². The topological polar surface area (TPSA) is 81.9 Å². The summed E-state index contributed by atoms with van der Waals surface area (Å²) in [5, 5.41) is 12.3. The van der Waals surface area contributed by atoms with Crippen molar-refractivity contribution in [3.05, 3.63) is 53.3 Å². The number of anilines is 1. The molecule has 1 saturated heterocycles. The van der Waals surface area contributed by atoms with Gasteiger partial charge in [0.25, 0.3) is 0 Å². The Kier molecular flexibility index (Phi) is 6.58. The summed E-state index contributed by atoms with van der Waals surface area (Å²) < 4.78 is 8.82. The summed E-state index contributed by atoms with van der Waals surface area (Å²) in [5.41, 5.74) is 1.70. The first-order chi connectivity index (χ1) is 14.2. The Morgan fingerprint density at radius 3 is 2.72 bits per heavy atom. The minimum absolute atomic E-state index is 0.0885. The van der Waals surface area contributed by atoms with Gasteiger partial charge in [0.15, 0.2) is 11.0 Å². The number of carbonyl (C=O) groups is 1. The third-order valence-corrected chi connectivity index (χ3v) is 6.02. The zero-order valence-corrected chi connectivity index (χ0v) is 18.0. The predicted octanol–water partition coefficient (Wildman–Crippen LogP) is 4.01. The standard InChI is InChI=1S/C20H20BrN5O2S/c21-15-3-5-16(6-4-15)23-18(27)13-29-20-25-24-19(14-7-9-22-10-8-14)26(20)12-17-2-1-11-28-17/h3-10,17H,1-2,11-13H2,(H,23,27)/t17-/m0/s1. The van der Waals surface area contributed by atoms with E-state index in [9.17, 15) is 4.79 Å². The number of hydrogen-bond acceptors (Lipinski definition) is 6. The molecule has 3 heterocycles. The molecule has 0 bridgehead atoms. The van der Waals surface area contributed by atoms with Crippen LogP contribution in [-0.2, 0) is 16.1 Å². The number of ether oxygens (including phenoxy) is 1. The van der Waals surface area contributed by atoms with Crippen molar-refractivity contribution >= 4 is 39.3 Å². The van der Waals surface area contributed by atoms with E-state index in [2.05, 4.69) is 36.4 Å². The lowest BCUT2D eigenvalue weighted by Gasteiger charge is -2.14. The molecule has 0 saturated carbocycles. The second-order valence-corrected chi connectivity index (χ2v) is 8.49. The van der Waals surface area contributed by atoms with Crippen LogP contribution in [0.25, 0.3) is 11.4 Å². The van der Waals surface area contributed by atoms with Crippen molar-refractivity contribution in [1.82, 2.24) is 19.7 Å². The minimum Gasteiger partial charge on any atom is -0.376 e. The van der Waals surface area contributed by atoms with Crippen molar-refractivity contribution in [1.29, 1.82) is 0 Å². The van der Waals surface area contributed by atoms with Gasteiger partial charge in [0, 0.05) is 34.7 Å². The molecule has 1 amide bonds. The van der Waals surface area contributed by atoms with Crippen LogP contribution in [0.15, 0.2) is 58.4 Å². The average Bonchev–Trinajstić information content (AvgIpc) is 3.39. The van der Waals surface area contributed by atoms with E-state index in [1.54, 1.807) is 12.4 Å².